The van der Waals surface area contributed by atoms with Gasteiger partial charge in [0.25, 0.3) is 5.91 Å². The highest BCUT2D eigenvalue weighted by atomic mass is 32.1. The molecule has 0 bridgehead atoms. The minimum absolute atomic E-state index is 0.0456. The van der Waals surface area contributed by atoms with Gasteiger partial charge in [0, 0.05) is 25.4 Å². The van der Waals surface area contributed by atoms with E-state index in [2.05, 4.69) is 19.2 Å². The number of thiophene rings is 1. The maximum Gasteiger partial charge on any atom is 0.256 e. The van der Waals surface area contributed by atoms with Crippen LogP contribution in [0.4, 0.5) is 5.00 Å². The number of amides is 2. The van der Waals surface area contributed by atoms with Gasteiger partial charge in [-0.3, -0.25) is 9.59 Å². The Kier molecular flexibility index (Phi) is 5.62. The van der Waals surface area contributed by atoms with Crippen molar-refractivity contribution in [2.75, 3.05) is 18.9 Å². The van der Waals surface area contributed by atoms with Gasteiger partial charge in [0.2, 0.25) is 5.91 Å². The van der Waals surface area contributed by atoms with Crippen molar-refractivity contribution in [1.82, 2.24) is 4.90 Å². The second-order valence-corrected chi connectivity index (χ2v) is 7.42. The first-order valence-electron chi connectivity index (χ1n) is 8.11. The van der Waals surface area contributed by atoms with Crippen LogP contribution in [0.2, 0.25) is 0 Å². The summed E-state index contributed by atoms with van der Waals surface area (Å²) in [5.74, 6) is 0.582. The molecule has 1 heterocycles. The number of rotatable bonds is 5. The number of carbonyl (C=O) groups excluding carboxylic acids is 2. The molecule has 1 aromatic rings. The molecule has 5 heteroatoms. The zero-order chi connectivity index (χ0) is 16.3. The van der Waals surface area contributed by atoms with Crippen LogP contribution in [0, 0.1) is 5.92 Å². The number of carbonyl (C=O) groups is 2. The van der Waals surface area contributed by atoms with Gasteiger partial charge in [-0.05, 0) is 37.2 Å². The van der Waals surface area contributed by atoms with Crippen LogP contribution in [-0.2, 0) is 17.6 Å². The van der Waals surface area contributed by atoms with Gasteiger partial charge in [-0.15, -0.1) is 11.3 Å². The summed E-state index contributed by atoms with van der Waals surface area (Å²) in [6.07, 6.45) is 5.13. The first kappa shape index (κ1) is 17.0. The Morgan fingerprint density at radius 1 is 1.41 bits per heavy atom. The van der Waals surface area contributed by atoms with Crippen LogP contribution in [0.25, 0.3) is 0 Å². The Hall–Kier alpha value is -1.36. The van der Waals surface area contributed by atoms with Gasteiger partial charge in [0.15, 0.2) is 0 Å². The summed E-state index contributed by atoms with van der Waals surface area (Å²) in [6.45, 7) is 6.62. The van der Waals surface area contributed by atoms with Gasteiger partial charge in [0.1, 0.15) is 5.00 Å². The molecule has 1 aromatic heterocycles. The molecule has 22 heavy (non-hydrogen) atoms. The Labute approximate surface area is 136 Å². The summed E-state index contributed by atoms with van der Waals surface area (Å²) in [4.78, 5) is 27.4. The van der Waals surface area contributed by atoms with Crippen molar-refractivity contribution in [2.24, 2.45) is 5.92 Å². The molecule has 122 valence electrons. The molecule has 0 fully saturated rings. The van der Waals surface area contributed by atoms with Crippen LogP contribution in [0.3, 0.4) is 0 Å². The van der Waals surface area contributed by atoms with Crippen molar-refractivity contribution >= 4 is 28.2 Å². The van der Waals surface area contributed by atoms with Gasteiger partial charge >= 0.3 is 0 Å². The molecule has 0 spiro atoms. The number of fused-ring (bicyclic) bond motifs is 1. The van der Waals surface area contributed by atoms with Gasteiger partial charge in [-0.2, -0.15) is 0 Å². The molecule has 2 amide bonds. The molecule has 0 saturated heterocycles. The van der Waals surface area contributed by atoms with Gasteiger partial charge < -0.3 is 10.2 Å². The molecule has 1 aliphatic carbocycles. The highest BCUT2D eigenvalue weighted by Gasteiger charge is 2.29. The van der Waals surface area contributed by atoms with Crippen LogP contribution in [-0.4, -0.2) is 30.3 Å². The zero-order valence-electron chi connectivity index (χ0n) is 14.0. The standard InChI is InChI=1S/C17H26N2O2S/c1-5-6-9-19(4)17(21)15-13-8-7-11(2)10-14(13)22-16(15)18-12(3)20/h11H,5-10H2,1-4H3,(H,18,20)/t11-/m0/s1. The molecule has 1 atom stereocenters. The first-order chi connectivity index (χ1) is 10.4. The quantitative estimate of drug-likeness (QED) is 0.898. The van der Waals surface area contributed by atoms with Crippen LogP contribution >= 0.6 is 11.3 Å². The van der Waals surface area contributed by atoms with E-state index in [0.717, 1.165) is 49.2 Å². The average molecular weight is 322 g/mol. The molecular formula is C17H26N2O2S. The number of anilines is 1. The van der Waals surface area contributed by atoms with Crippen molar-refractivity contribution in [1.29, 1.82) is 0 Å². The van der Waals surface area contributed by atoms with Crippen LogP contribution < -0.4 is 5.32 Å². The van der Waals surface area contributed by atoms with Crippen LogP contribution in [0.5, 0.6) is 0 Å². The molecular weight excluding hydrogens is 296 g/mol. The Bertz CT molecular complexity index is 565. The fourth-order valence-corrected chi connectivity index (χ4v) is 4.36. The molecule has 1 aliphatic rings. The fourth-order valence-electron chi connectivity index (χ4n) is 2.91. The second kappa shape index (κ2) is 7.27. The fraction of sp³-hybridized carbons (Fsp3) is 0.647. The number of hydrogen-bond acceptors (Lipinski definition) is 3. The number of nitrogens with one attached hydrogen (secondary N) is 1. The highest BCUT2D eigenvalue weighted by molar-refractivity contribution is 7.17. The third-order valence-corrected chi connectivity index (χ3v) is 5.38. The van der Waals surface area contributed by atoms with E-state index in [1.165, 1.54) is 17.4 Å². The van der Waals surface area contributed by atoms with E-state index in [9.17, 15) is 9.59 Å². The summed E-state index contributed by atoms with van der Waals surface area (Å²) in [7, 11) is 1.85. The van der Waals surface area contributed by atoms with E-state index in [1.807, 2.05) is 7.05 Å². The monoisotopic (exact) mass is 322 g/mol. The molecule has 0 aliphatic heterocycles. The molecule has 0 aromatic carbocycles. The van der Waals surface area contributed by atoms with Gasteiger partial charge in [-0.25, -0.2) is 0 Å². The Morgan fingerprint density at radius 3 is 2.77 bits per heavy atom. The zero-order valence-corrected chi connectivity index (χ0v) is 14.8. The summed E-state index contributed by atoms with van der Waals surface area (Å²) in [6, 6.07) is 0. The lowest BCUT2D eigenvalue weighted by atomic mass is 9.88. The Morgan fingerprint density at radius 2 is 2.14 bits per heavy atom. The second-order valence-electron chi connectivity index (χ2n) is 6.32. The predicted molar refractivity (Wildman–Crippen MR) is 91.7 cm³/mol. The SMILES string of the molecule is CCCCN(C)C(=O)c1c(NC(C)=O)sc2c1CC[C@H](C)C2. The third kappa shape index (κ3) is 3.69. The van der Waals surface area contributed by atoms with E-state index in [0.29, 0.717) is 5.92 Å². The molecule has 2 rings (SSSR count). The van der Waals surface area contributed by atoms with Crippen LogP contribution in [0.1, 0.15) is 60.8 Å². The van der Waals surface area contributed by atoms with E-state index >= 15 is 0 Å². The third-order valence-electron chi connectivity index (χ3n) is 4.21. The molecule has 1 N–H and O–H groups in total. The highest BCUT2D eigenvalue weighted by Crippen LogP contribution is 2.40. The van der Waals surface area contributed by atoms with Gasteiger partial charge in [-0.1, -0.05) is 20.3 Å². The van der Waals surface area contributed by atoms with E-state index in [1.54, 1.807) is 16.2 Å². The Balaban J connectivity index is 2.34. The largest absolute Gasteiger partial charge is 0.342 e. The lowest BCUT2D eigenvalue weighted by Gasteiger charge is -2.21. The average Bonchev–Trinajstić information content (AvgIpc) is 2.79. The maximum atomic E-state index is 12.8. The first-order valence-corrected chi connectivity index (χ1v) is 8.93. The molecule has 0 saturated carbocycles. The number of unbranched alkanes of at least 4 members (excludes halogenated alkanes) is 1. The van der Waals surface area contributed by atoms with Crippen LogP contribution in [0.15, 0.2) is 0 Å². The van der Waals surface area contributed by atoms with Crippen molar-refractivity contribution in [3.63, 3.8) is 0 Å². The minimum Gasteiger partial charge on any atom is -0.342 e. The lowest BCUT2D eigenvalue weighted by molar-refractivity contribution is -0.114. The summed E-state index contributed by atoms with van der Waals surface area (Å²) in [5.41, 5.74) is 1.90. The topological polar surface area (TPSA) is 49.4 Å². The summed E-state index contributed by atoms with van der Waals surface area (Å²) < 4.78 is 0. The van der Waals surface area contributed by atoms with Crippen molar-refractivity contribution in [3.8, 4) is 0 Å². The number of nitrogens with zero attached hydrogens (tertiary/aromatic N) is 1. The van der Waals surface area contributed by atoms with E-state index in [4.69, 9.17) is 0 Å². The summed E-state index contributed by atoms with van der Waals surface area (Å²) >= 11 is 1.58. The maximum absolute atomic E-state index is 12.8. The van der Waals surface area contributed by atoms with Gasteiger partial charge in [0.05, 0.1) is 5.56 Å². The minimum atomic E-state index is -0.114. The normalized spacial score (nSPS) is 17.0. The molecule has 0 radical (unpaired) electrons. The molecule has 0 unspecified atom stereocenters. The van der Waals surface area contributed by atoms with Crippen molar-refractivity contribution in [2.45, 2.75) is 52.9 Å². The molecule has 4 nitrogen and oxygen atoms in total. The van der Waals surface area contributed by atoms with Crippen molar-refractivity contribution in [3.05, 3.63) is 16.0 Å². The predicted octanol–water partition coefficient (Wildman–Crippen LogP) is 3.70. The van der Waals surface area contributed by atoms with Crippen molar-refractivity contribution < 1.29 is 9.59 Å². The lowest BCUT2D eigenvalue weighted by Crippen LogP contribution is -2.29. The smallest absolute Gasteiger partial charge is 0.256 e. The summed E-state index contributed by atoms with van der Waals surface area (Å²) in [5, 5.41) is 3.61. The van der Waals surface area contributed by atoms with E-state index < -0.39 is 0 Å². The number of hydrogen-bond donors (Lipinski definition) is 1. The van der Waals surface area contributed by atoms with E-state index in [-0.39, 0.29) is 11.8 Å².